The number of pyridine rings is 1. The fraction of sp³-hybridized carbons (Fsp3) is 0.684. The summed E-state index contributed by atoms with van der Waals surface area (Å²) in [6.45, 7) is 3.85. The van der Waals surface area contributed by atoms with Crippen molar-refractivity contribution in [1.29, 1.82) is 0 Å². The standard InChI is InChI=1S/C19H30N4O4S/c1-21(19(24)16-4-3-8-20-14-16)10-11-23(17-6-12-27-13-7-17)18-5-9-22(15-18)28(2,25)26/h3-4,8,14,17-18H,5-7,9-13,15H2,1-2H3. The monoisotopic (exact) mass is 410 g/mol. The molecule has 2 aliphatic heterocycles. The van der Waals surface area contributed by atoms with E-state index < -0.39 is 10.0 Å². The molecular weight excluding hydrogens is 380 g/mol. The van der Waals surface area contributed by atoms with Gasteiger partial charge in [0.25, 0.3) is 5.91 Å². The molecule has 1 aromatic rings. The van der Waals surface area contributed by atoms with Crippen molar-refractivity contribution in [3.8, 4) is 0 Å². The number of likely N-dealkylation sites (N-methyl/N-ethyl adjacent to an activating group) is 1. The van der Waals surface area contributed by atoms with Crippen LogP contribution in [0.2, 0.25) is 0 Å². The summed E-state index contributed by atoms with van der Waals surface area (Å²) in [5, 5.41) is 0. The highest BCUT2D eigenvalue weighted by Gasteiger charge is 2.35. The average molecular weight is 411 g/mol. The summed E-state index contributed by atoms with van der Waals surface area (Å²) in [6.07, 6.45) is 7.21. The first-order valence-electron chi connectivity index (χ1n) is 9.80. The van der Waals surface area contributed by atoms with Crippen LogP contribution in [0.5, 0.6) is 0 Å². The molecule has 0 spiro atoms. The Morgan fingerprint density at radius 1 is 1.25 bits per heavy atom. The van der Waals surface area contributed by atoms with Crippen LogP contribution < -0.4 is 0 Å². The van der Waals surface area contributed by atoms with Crippen molar-refractivity contribution in [3.63, 3.8) is 0 Å². The molecule has 156 valence electrons. The van der Waals surface area contributed by atoms with Crippen molar-refractivity contribution in [3.05, 3.63) is 30.1 Å². The summed E-state index contributed by atoms with van der Waals surface area (Å²) < 4.78 is 30.9. The number of ether oxygens (including phenoxy) is 1. The van der Waals surface area contributed by atoms with Gasteiger partial charge in [-0.3, -0.25) is 14.7 Å². The predicted octanol–water partition coefficient (Wildman–Crippen LogP) is 0.669. The first-order valence-corrected chi connectivity index (χ1v) is 11.6. The first kappa shape index (κ1) is 21.2. The Kier molecular flexibility index (Phi) is 7.03. The molecule has 0 aromatic carbocycles. The van der Waals surface area contributed by atoms with E-state index in [-0.39, 0.29) is 11.9 Å². The van der Waals surface area contributed by atoms with Crippen LogP contribution in [0, 0.1) is 0 Å². The minimum atomic E-state index is -3.17. The molecule has 2 aliphatic rings. The maximum atomic E-state index is 12.6. The molecule has 2 saturated heterocycles. The van der Waals surface area contributed by atoms with Crippen molar-refractivity contribution in [2.45, 2.75) is 31.3 Å². The second-order valence-corrected chi connectivity index (χ2v) is 9.60. The molecular formula is C19H30N4O4S. The Hall–Kier alpha value is -1.55. The molecule has 1 atom stereocenters. The van der Waals surface area contributed by atoms with E-state index in [2.05, 4.69) is 9.88 Å². The highest BCUT2D eigenvalue weighted by atomic mass is 32.2. The lowest BCUT2D eigenvalue weighted by Gasteiger charge is -2.39. The van der Waals surface area contributed by atoms with Crippen molar-refractivity contribution in [2.75, 3.05) is 52.7 Å². The fourth-order valence-electron chi connectivity index (χ4n) is 4.04. The molecule has 3 heterocycles. The maximum Gasteiger partial charge on any atom is 0.255 e. The summed E-state index contributed by atoms with van der Waals surface area (Å²) in [4.78, 5) is 20.7. The third kappa shape index (κ3) is 5.28. The molecule has 1 aromatic heterocycles. The zero-order valence-electron chi connectivity index (χ0n) is 16.7. The van der Waals surface area contributed by atoms with Gasteiger partial charge in [-0.25, -0.2) is 12.7 Å². The highest BCUT2D eigenvalue weighted by Crippen LogP contribution is 2.24. The van der Waals surface area contributed by atoms with E-state index in [0.717, 1.165) is 39.0 Å². The molecule has 1 amide bonds. The zero-order valence-corrected chi connectivity index (χ0v) is 17.5. The van der Waals surface area contributed by atoms with E-state index in [4.69, 9.17) is 4.74 Å². The van der Waals surface area contributed by atoms with Crippen LogP contribution >= 0.6 is 0 Å². The van der Waals surface area contributed by atoms with E-state index >= 15 is 0 Å². The average Bonchev–Trinajstić information content (AvgIpc) is 3.19. The molecule has 2 fully saturated rings. The van der Waals surface area contributed by atoms with Crippen molar-refractivity contribution >= 4 is 15.9 Å². The van der Waals surface area contributed by atoms with Gasteiger partial charge < -0.3 is 9.64 Å². The quantitative estimate of drug-likeness (QED) is 0.657. The summed E-state index contributed by atoms with van der Waals surface area (Å²) in [7, 11) is -1.37. The number of hydrogen-bond donors (Lipinski definition) is 0. The summed E-state index contributed by atoms with van der Waals surface area (Å²) >= 11 is 0. The maximum absolute atomic E-state index is 12.6. The molecule has 8 nitrogen and oxygen atoms in total. The number of amides is 1. The Morgan fingerprint density at radius 2 is 2.00 bits per heavy atom. The minimum Gasteiger partial charge on any atom is -0.381 e. The second kappa shape index (κ2) is 9.30. The number of sulfonamides is 1. The van der Waals surface area contributed by atoms with Gasteiger partial charge in [0.15, 0.2) is 0 Å². The van der Waals surface area contributed by atoms with Crippen LogP contribution in [0.15, 0.2) is 24.5 Å². The lowest BCUT2D eigenvalue weighted by molar-refractivity contribution is 0.0158. The molecule has 0 N–H and O–H groups in total. The Balaban J connectivity index is 1.65. The number of nitrogens with zero attached hydrogens (tertiary/aromatic N) is 4. The van der Waals surface area contributed by atoms with Crippen LogP contribution in [0.4, 0.5) is 0 Å². The molecule has 0 radical (unpaired) electrons. The molecule has 0 aliphatic carbocycles. The van der Waals surface area contributed by atoms with E-state index in [1.165, 1.54) is 6.26 Å². The zero-order chi connectivity index (χ0) is 20.1. The highest BCUT2D eigenvalue weighted by molar-refractivity contribution is 7.88. The van der Waals surface area contributed by atoms with Crippen LogP contribution in [0.25, 0.3) is 0 Å². The van der Waals surface area contributed by atoms with Gasteiger partial charge in [0.1, 0.15) is 0 Å². The molecule has 28 heavy (non-hydrogen) atoms. The Morgan fingerprint density at radius 3 is 2.61 bits per heavy atom. The third-order valence-electron chi connectivity index (χ3n) is 5.67. The van der Waals surface area contributed by atoms with Gasteiger partial charge in [-0.2, -0.15) is 0 Å². The van der Waals surface area contributed by atoms with Gasteiger partial charge in [0.05, 0.1) is 11.8 Å². The minimum absolute atomic E-state index is 0.0517. The van der Waals surface area contributed by atoms with Gasteiger partial charge in [-0.1, -0.05) is 0 Å². The lowest BCUT2D eigenvalue weighted by Crippen LogP contribution is -2.50. The molecule has 1 unspecified atom stereocenters. The number of carbonyl (C=O) groups excluding carboxylic acids is 1. The Bertz CT molecular complexity index is 752. The number of rotatable bonds is 7. The number of aromatic nitrogens is 1. The smallest absolute Gasteiger partial charge is 0.255 e. The largest absolute Gasteiger partial charge is 0.381 e. The van der Waals surface area contributed by atoms with Crippen molar-refractivity contribution in [2.24, 2.45) is 0 Å². The van der Waals surface area contributed by atoms with Gasteiger partial charge in [-0.15, -0.1) is 0 Å². The van der Waals surface area contributed by atoms with Crippen LogP contribution in [0.1, 0.15) is 29.6 Å². The van der Waals surface area contributed by atoms with Crippen LogP contribution in [-0.2, 0) is 14.8 Å². The fourth-order valence-corrected chi connectivity index (χ4v) is 4.92. The Labute approximate surface area is 167 Å². The number of carbonyl (C=O) groups is 1. The summed E-state index contributed by atoms with van der Waals surface area (Å²) in [6, 6.07) is 4.07. The second-order valence-electron chi connectivity index (χ2n) is 7.61. The van der Waals surface area contributed by atoms with Gasteiger partial charge >= 0.3 is 0 Å². The normalized spacial score (nSPS) is 21.9. The summed E-state index contributed by atoms with van der Waals surface area (Å²) in [5.74, 6) is -0.0517. The van der Waals surface area contributed by atoms with Gasteiger partial charge in [0, 0.05) is 70.9 Å². The summed E-state index contributed by atoms with van der Waals surface area (Å²) in [5.41, 5.74) is 0.576. The predicted molar refractivity (Wildman–Crippen MR) is 107 cm³/mol. The van der Waals surface area contributed by atoms with Gasteiger partial charge in [0.2, 0.25) is 10.0 Å². The molecule has 0 bridgehead atoms. The lowest BCUT2D eigenvalue weighted by atomic mass is 10.0. The van der Waals surface area contributed by atoms with E-state index in [1.807, 2.05) is 0 Å². The van der Waals surface area contributed by atoms with Gasteiger partial charge in [-0.05, 0) is 31.4 Å². The topological polar surface area (TPSA) is 83.0 Å². The SMILES string of the molecule is CN(CCN(C1CCOCC1)C1CCN(S(C)(=O)=O)C1)C(=O)c1cccnc1. The first-order chi connectivity index (χ1) is 13.4. The third-order valence-corrected chi connectivity index (χ3v) is 6.94. The molecule has 3 rings (SSSR count). The van der Waals surface area contributed by atoms with Crippen molar-refractivity contribution in [1.82, 2.24) is 19.1 Å². The van der Waals surface area contributed by atoms with E-state index in [9.17, 15) is 13.2 Å². The van der Waals surface area contributed by atoms with E-state index in [1.54, 1.807) is 40.8 Å². The molecule has 9 heteroatoms. The number of hydrogen-bond acceptors (Lipinski definition) is 6. The molecule has 0 saturated carbocycles. The van der Waals surface area contributed by atoms with E-state index in [0.29, 0.717) is 31.2 Å². The van der Waals surface area contributed by atoms with Crippen LogP contribution in [0.3, 0.4) is 0 Å². The van der Waals surface area contributed by atoms with Crippen molar-refractivity contribution < 1.29 is 17.9 Å². The van der Waals surface area contributed by atoms with Crippen LogP contribution in [-0.4, -0.2) is 98.2 Å².